The van der Waals surface area contributed by atoms with Crippen LogP contribution in [0.1, 0.15) is 28.4 Å². The Morgan fingerprint density at radius 2 is 1.49 bits per heavy atom. The summed E-state index contributed by atoms with van der Waals surface area (Å²) in [5.74, 6) is -0.831. The summed E-state index contributed by atoms with van der Waals surface area (Å²) in [6.07, 6.45) is -2.52. The summed E-state index contributed by atoms with van der Waals surface area (Å²) >= 11 is 0. The number of urea groups is 1. The normalized spacial score (nSPS) is 15.3. The number of anilines is 1. The van der Waals surface area contributed by atoms with Crippen LogP contribution in [0.2, 0.25) is 0 Å². The van der Waals surface area contributed by atoms with Crippen LogP contribution in [0.5, 0.6) is 0 Å². The molecule has 9 heteroatoms. The number of fused-ring (bicyclic) bond motifs is 1. The van der Waals surface area contributed by atoms with Gasteiger partial charge in [0.2, 0.25) is 0 Å². The molecule has 0 saturated carbocycles. The van der Waals surface area contributed by atoms with Crippen LogP contribution in [0.25, 0.3) is 11.1 Å². The van der Waals surface area contributed by atoms with Gasteiger partial charge < -0.3 is 10.2 Å². The van der Waals surface area contributed by atoms with Crippen molar-refractivity contribution in [1.29, 1.82) is 0 Å². The van der Waals surface area contributed by atoms with Gasteiger partial charge in [-0.3, -0.25) is 4.98 Å². The number of rotatable bonds is 3. The van der Waals surface area contributed by atoms with Crippen molar-refractivity contribution in [3.8, 4) is 11.1 Å². The molecule has 0 saturated heterocycles. The van der Waals surface area contributed by atoms with E-state index in [0.29, 0.717) is 23.4 Å². The largest absolute Gasteiger partial charge is 0.416 e. The maximum atomic E-state index is 13.5. The molecule has 188 valence electrons. The van der Waals surface area contributed by atoms with E-state index >= 15 is 0 Å². The van der Waals surface area contributed by atoms with Gasteiger partial charge in [0.1, 0.15) is 17.7 Å². The van der Waals surface area contributed by atoms with Crippen molar-refractivity contribution in [2.24, 2.45) is 0 Å². The average Bonchev–Trinajstić information content (AvgIpc) is 2.89. The highest BCUT2D eigenvalue weighted by atomic mass is 19.4. The molecule has 0 aliphatic carbocycles. The number of carbonyl (C=O) groups is 1. The summed E-state index contributed by atoms with van der Waals surface area (Å²) in [5.41, 5.74) is 2.92. The SMILES string of the molecule is O=C(Nc1ccc(F)cc1)N1CCc2c(-c3ccc(F)cc3)ccnc2C1c1ccc(C(F)(F)F)cc1. The molecule has 0 radical (unpaired) electrons. The summed E-state index contributed by atoms with van der Waals surface area (Å²) in [5, 5.41) is 2.73. The number of amides is 2. The second-order valence-electron chi connectivity index (χ2n) is 8.63. The van der Waals surface area contributed by atoms with E-state index < -0.39 is 29.6 Å². The molecule has 1 atom stereocenters. The van der Waals surface area contributed by atoms with E-state index in [9.17, 15) is 26.7 Å². The number of hydrogen-bond donors (Lipinski definition) is 1. The molecular formula is C28H20F5N3O. The van der Waals surface area contributed by atoms with E-state index in [-0.39, 0.29) is 12.4 Å². The molecule has 37 heavy (non-hydrogen) atoms. The van der Waals surface area contributed by atoms with Crippen molar-refractivity contribution < 1.29 is 26.7 Å². The average molecular weight is 509 g/mol. The summed E-state index contributed by atoms with van der Waals surface area (Å²) in [6, 6.07) is 16.4. The summed E-state index contributed by atoms with van der Waals surface area (Å²) < 4.78 is 66.4. The van der Waals surface area contributed by atoms with Crippen LogP contribution < -0.4 is 5.32 Å². The van der Waals surface area contributed by atoms with Crippen molar-refractivity contribution in [3.63, 3.8) is 0 Å². The highest BCUT2D eigenvalue weighted by Gasteiger charge is 2.36. The van der Waals surface area contributed by atoms with Crippen LogP contribution >= 0.6 is 0 Å². The lowest BCUT2D eigenvalue weighted by atomic mass is 9.87. The van der Waals surface area contributed by atoms with E-state index in [2.05, 4.69) is 10.3 Å². The minimum absolute atomic E-state index is 0.242. The number of carbonyl (C=O) groups excluding carboxylic acids is 1. The highest BCUT2D eigenvalue weighted by molar-refractivity contribution is 5.90. The quantitative estimate of drug-likeness (QED) is 0.296. The van der Waals surface area contributed by atoms with E-state index in [1.807, 2.05) is 0 Å². The fraction of sp³-hybridized carbons (Fsp3) is 0.143. The van der Waals surface area contributed by atoms with Crippen LogP contribution in [0, 0.1) is 11.6 Å². The molecule has 4 aromatic rings. The van der Waals surface area contributed by atoms with Gasteiger partial charge in [0.15, 0.2) is 0 Å². The second-order valence-corrected chi connectivity index (χ2v) is 8.63. The molecule has 0 fully saturated rings. The summed E-state index contributed by atoms with van der Waals surface area (Å²) in [7, 11) is 0. The van der Waals surface area contributed by atoms with E-state index in [1.54, 1.807) is 24.4 Å². The van der Waals surface area contributed by atoms with Crippen molar-refractivity contribution in [3.05, 3.63) is 119 Å². The first-order valence-corrected chi connectivity index (χ1v) is 11.4. The molecule has 0 spiro atoms. The molecule has 5 rings (SSSR count). The molecule has 1 unspecified atom stereocenters. The van der Waals surface area contributed by atoms with Crippen molar-refractivity contribution in [1.82, 2.24) is 9.88 Å². The molecule has 3 aromatic carbocycles. The fourth-order valence-corrected chi connectivity index (χ4v) is 4.56. The van der Waals surface area contributed by atoms with Crippen molar-refractivity contribution in [2.45, 2.75) is 18.6 Å². The maximum absolute atomic E-state index is 13.5. The Bertz CT molecular complexity index is 1420. The van der Waals surface area contributed by atoms with Gasteiger partial charge in [-0.2, -0.15) is 13.2 Å². The number of halogens is 5. The first-order chi connectivity index (χ1) is 17.7. The number of hydrogen-bond acceptors (Lipinski definition) is 2. The van der Waals surface area contributed by atoms with Crippen LogP contribution in [-0.2, 0) is 12.6 Å². The van der Waals surface area contributed by atoms with Crippen molar-refractivity contribution in [2.75, 3.05) is 11.9 Å². The number of nitrogens with one attached hydrogen (secondary N) is 1. The topological polar surface area (TPSA) is 45.2 Å². The predicted molar refractivity (Wildman–Crippen MR) is 129 cm³/mol. The van der Waals surface area contributed by atoms with Crippen molar-refractivity contribution >= 4 is 11.7 Å². The van der Waals surface area contributed by atoms with Crippen LogP contribution in [-0.4, -0.2) is 22.5 Å². The van der Waals surface area contributed by atoms with E-state index in [0.717, 1.165) is 28.8 Å². The Labute approximate surface area is 209 Å². The minimum Gasteiger partial charge on any atom is -0.311 e. The summed E-state index contributed by atoms with van der Waals surface area (Å²) in [6.45, 7) is 0.242. The standard InChI is InChI=1S/C28H20F5N3O/c29-20-7-3-17(4-8-20)23-13-15-34-25-24(23)14-16-36(27(37)35-22-11-9-21(30)10-12-22)26(25)18-1-5-19(6-2-18)28(31,32)33/h1-13,15,26H,14,16H2,(H,35,37). The number of benzene rings is 3. The smallest absolute Gasteiger partial charge is 0.311 e. The lowest BCUT2D eigenvalue weighted by molar-refractivity contribution is -0.137. The zero-order valence-electron chi connectivity index (χ0n) is 19.3. The lowest BCUT2D eigenvalue weighted by Gasteiger charge is -2.37. The molecular weight excluding hydrogens is 489 g/mol. The molecule has 1 aromatic heterocycles. The molecule has 1 N–H and O–H groups in total. The zero-order chi connectivity index (χ0) is 26.2. The van der Waals surface area contributed by atoms with Gasteiger partial charge in [-0.15, -0.1) is 0 Å². The highest BCUT2D eigenvalue weighted by Crippen LogP contribution is 2.39. The Morgan fingerprint density at radius 3 is 2.11 bits per heavy atom. The van der Waals surface area contributed by atoms with Gasteiger partial charge >= 0.3 is 12.2 Å². The molecule has 2 heterocycles. The first kappa shape index (κ1) is 24.4. The maximum Gasteiger partial charge on any atom is 0.416 e. The second kappa shape index (κ2) is 9.65. The minimum atomic E-state index is -4.50. The summed E-state index contributed by atoms with van der Waals surface area (Å²) in [4.78, 5) is 19.4. The molecule has 0 bridgehead atoms. The van der Waals surface area contributed by atoms with E-state index in [4.69, 9.17) is 0 Å². The van der Waals surface area contributed by atoms with Gasteiger partial charge in [-0.1, -0.05) is 24.3 Å². The van der Waals surface area contributed by atoms with Gasteiger partial charge in [0.25, 0.3) is 0 Å². The monoisotopic (exact) mass is 509 g/mol. The number of aromatic nitrogens is 1. The molecule has 2 amide bonds. The first-order valence-electron chi connectivity index (χ1n) is 11.4. The third kappa shape index (κ3) is 5.02. The van der Waals surface area contributed by atoms with Gasteiger partial charge in [-0.25, -0.2) is 13.6 Å². The van der Waals surface area contributed by atoms with Gasteiger partial charge in [0.05, 0.1) is 11.3 Å². The number of pyridine rings is 1. The Morgan fingerprint density at radius 1 is 0.865 bits per heavy atom. The lowest BCUT2D eigenvalue weighted by Crippen LogP contribution is -2.43. The van der Waals surface area contributed by atoms with E-state index in [1.165, 1.54) is 53.4 Å². The zero-order valence-corrected chi connectivity index (χ0v) is 19.3. The van der Waals surface area contributed by atoms with Crippen LogP contribution in [0.4, 0.5) is 32.4 Å². The predicted octanol–water partition coefficient (Wildman–Crippen LogP) is 7.23. The van der Waals surface area contributed by atoms with Gasteiger partial charge in [-0.05, 0) is 83.3 Å². The van der Waals surface area contributed by atoms with Gasteiger partial charge in [0, 0.05) is 18.4 Å². The third-order valence-corrected chi connectivity index (χ3v) is 6.33. The Kier molecular flexibility index (Phi) is 6.37. The molecule has 1 aliphatic rings. The number of nitrogens with zero attached hydrogens (tertiary/aromatic N) is 2. The van der Waals surface area contributed by atoms with Crippen LogP contribution in [0.3, 0.4) is 0 Å². The Hall–Kier alpha value is -4.27. The molecule has 1 aliphatic heterocycles. The molecule has 4 nitrogen and oxygen atoms in total. The fourth-order valence-electron chi connectivity index (χ4n) is 4.56. The van der Waals surface area contributed by atoms with Crippen LogP contribution in [0.15, 0.2) is 85.1 Å². The Balaban J connectivity index is 1.57. The number of alkyl halides is 3. The third-order valence-electron chi connectivity index (χ3n) is 6.33.